The van der Waals surface area contributed by atoms with Crippen LogP contribution in [0.3, 0.4) is 0 Å². The number of rotatable bonds is 5. The maximum absolute atomic E-state index is 5.88. The highest BCUT2D eigenvalue weighted by molar-refractivity contribution is 9.10. The van der Waals surface area contributed by atoms with Crippen LogP contribution in [-0.2, 0) is 6.54 Å². The first-order chi connectivity index (χ1) is 7.60. The van der Waals surface area contributed by atoms with Gasteiger partial charge in [-0.15, -0.1) is 0 Å². The third kappa shape index (κ3) is 3.22. The smallest absolute Gasteiger partial charge is 0.0461 e. The van der Waals surface area contributed by atoms with Crippen LogP contribution in [0.2, 0.25) is 0 Å². The van der Waals surface area contributed by atoms with Crippen molar-refractivity contribution >= 4 is 21.6 Å². The lowest BCUT2D eigenvalue weighted by Gasteiger charge is -2.27. The molecular weight excluding hydrogens is 264 g/mol. The second-order valence-electron chi connectivity index (χ2n) is 4.14. The monoisotopic (exact) mass is 284 g/mol. The van der Waals surface area contributed by atoms with Gasteiger partial charge in [-0.2, -0.15) is 0 Å². The first kappa shape index (κ1) is 13.5. The molecule has 1 aromatic carbocycles. The van der Waals surface area contributed by atoms with Crippen molar-refractivity contribution < 1.29 is 0 Å². The highest BCUT2D eigenvalue weighted by atomic mass is 79.9. The summed E-state index contributed by atoms with van der Waals surface area (Å²) in [6, 6.07) is 6.68. The van der Waals surface area contributed by atoms with E-state index in [1.165, 1.54) is 12.0 Å². The van der Waals surface area contributed by atoms with Gasteiger partial charge in [0.2, 0.25) is 0 Å². The summed E-state index contributed by atoms with van der Waals surface area (Å²) in [4.78, 5) is 2.46. The van der Waals surface area contributed by atoms with Gasteiger partial charge in [0.05, 0.1) is 0 Å². The normalized spacial score (nSPS) is 13.1. The van der Waals surface area contributed by atoms with Gasteiger partial charge >= 0.3 is 0 Å². The van der Waals surface area contributed by atoms with Crippen LogP contribution >= 0.6 is 15.9 Å². The van der Waals surface area contributed by atoms with Gasteiger partial charge < -0.3 is 5.73 Å². The molecule has 0 radical (unpaired) electrons. The number of halogens is 1. The van der Waals surface area contributed by atoms with E-state index in [-0.39, 0.29) is 0 Å². The summed E-state index contributed by atoms with van der Waals surface area (Å²) in [5.41, 5.74) is 7.96. The molecule has 1 atom stereocenters. The third-order valence-electron chi connectivity index (χ3n) is 3.10. The molecule has 0 aromatic heterocycles. The quantitative estimate of drug-likeness (QED) is 0.837. The Bertz CT molecular complexity index is 339. The fourth-order valence-corrected chi connectivity index (χ4v) is 2.17. The molecule has 0 bridgehead atoms. The molecule has 0 amide bonds. The van der Waals surface area contributed by atoms with Crippen molar-refractivity contribution in [3.05, 3.63) is 28.2 Å². The highest BCUT2D eigenvalue weighted by Crippen LogP contribution is 2.25. The van der Waals surface area contributed by atoms with Crippen LogP contribution in [-0.4, -0.2) is 17.5 Å². The van der Waals surface area contributed by atoms with Crippen LogP contribution in [0, 0.1) is 0 Å². The SMILES string of the molecule is CCC(C)N(CC)Cc1cccc(N)c1Br. The van der Waals surface area contributed by atoms with Crippen molar-refractivity contribution in [2.24, 2.45) is 0 Å². The Morgan fingerprint density at radius 3 is 2.62 bits per heavy atom. The van der Waals surface area contributed by atoms with Crippen LogP contribution in [0.1, 0.15) is 32.8 Å². The van der Waals surface area contributed by atoms with Gasteiger partial charge in [0, 0.05) is 22.7 Å². The molecule has 0 aliphatic rings. The predicted octanol–water partition coefficient (Wildman–Crippen LogP) is 3.65. The molecule has 90 valence electrons. The average molecular weight is 285 g/mol. The first-order valence-corrected chi connectivity index (χ1v) is 6.66. The van der Waals surface area contributed by atoms with Crippen molar-refractivity contribution in [3.63, 3.8) is 0 Å². The summed E-state index contributed by atoms with van der Waals surface area (Å²) in [7, 11) is 0. The minimum Gasteiger partial charge on any atom is -0.398 e. The van der Waals surface area contributed by atoms with E-state index in [1.807, 2.05) is 12.1 Å². The molecule has 1 unspecified atom stereocenters. The molecule has 0 saturated carbocycles. The zero-order valence-corrected chi connectivity index (χ0v) is 11.9. The topological polar surface area (TPSA) is 29.3 Å². The molecule has 16 heavy (non-hydrogen) atoms. The van der Waals surface area contributed by atoms with E-state index >= 15 is 0 Å². The minimum atomic E-state index is 0.610. The molecule has 0 aliphatic carbocycles. The van der Waals surface area contributed by atoms with Crippen molar-refractivity contribution in [1.82, 2.24) is 4.90 Å². The van der Waals surface area contributed by atoms with E-state index in [1.54, 1.807) is 0 Å². The van der Waals surface area contributed by atoms with Crippen LogP contribution in [0.5, 0.6) is 0 Å². The summed E-state index contributed by atoms with van der Waals surface area (Å²) in [6.45, 7) is 8.71. The minimum absolute atomic E-state index is 0.610. The fraction of sp³-hybridized carbons (Fsp3) is 0.538. The molecule has 0 fully saturated rings. The van der Waals surface area contributed by atoms with Gasteiger partial charge in [-0.3, -0.25) is 4.90 Å². The van der Waals surface area contributed by atoms with Gasteiger partial charge in [0.15, 0.2) is 0 Å². The largest absolute Gasteiger partial charge is 0.398 e. The Balaban J connectivity index is 2.82. The van der Waals surface area contributed by atoms with Gasteiger partial charge in [0.1, 0.15) is 0 Å². The third-order valence-corrected chi connectivity index (χ3v) is 4.07. The van der Waals surface area contributed by atoms with Crippen molar-refractivity contribution in [3.8, 4) is 0 Å². The van der Waals surface area contributed by atoms with Crippen molar-refractivity contribution in [1.29, 1.82) is 0 Å². The number of anilines is 1. The highest BCUT2D eigenvalue weighted by Gasteiger charge is 2.12. The van der Waals surface area contributed by atoms with Gasteiger partial charge in [-0.25, -0.2) is 0 Å². The van der Waals surface area contributed by atoms with Crippen LogP contribution in [0.4, 0.5) is 5.69 Å². The number of nitrogens with zero attached hydrogens (tertiary/aromatic N) is 1. The lowest BCUT2D eigenvalue weighted by Crippen LogP contribution is -2.31. The summed E-state index contributed by atoms with van der Waals surface area (Å²) in [5.74, 6) is 0. The van der Waals surface area contributed by atoms with Gasteiger partial charge in [0.25, 0.3) is 0 Å². The fourth-order valence-electron chi connectivity index (χ4n) is 1.78. The molecule has 2 N–H and O–H groups in total. The predicted molar refractivity (Wildman–Crippen MR) is 74.4 cm³/mol. The Kier molecular flexibility index (Phi) is 5.29. The molecule has 2 nitrogen and oxygen atoms in total. The number of hydrogen-bond donors (Lipinski definition) is 1. The standard InChI is InChI=1S/C13H21BrN2/c1-4-10(3)16(5-2)9-11-7-6-8-12(15)13(11)14/h6-8,10H,4-5,9,15H2,1-3H3. The summed E-state index contributed by atoms with van der Waals surface area (Å²) >= 11 is 3.56. The summed E-state index contributed by atoms with van der Waals surface area (Å²) in [6.07, 6.45) is 1.17. The number of hydrogen-bond acceptors (Lipinski definition) is 2. The van der Waals surface area contributed by atoms with E-state index < -0.39 is 0 Å². The zero-order valence-electron chi connectivity index (χ0n) is 10.3. The lowest BCUT2D eigenvalue weighted by atomic mass is 10.1. The van der Waals surface area contributed by atoms with E-state index in [0.717, 1.165) is 23.2 Å². The Morgan fingerprint density at radius 2 is 2.06 bits per heavy atom. The van der Waals surface area contributed by atoms with Crippen LogP contribution in [0.15, 0.2) is 22.7 Å². The lowest BCUT2D eigenvalue weighted by molar-refractivity contribution is 0.206. The number of nitrogens with two attached hydrogens (primary N) is 1. The van der Waals surface area contributed by atoms with Crippen LogP contribution in [0.25, 0.3) is 0 Å². The number of benzene rings is 1. The van der Waals surface area contributed by atoms with E-state index in [2.05, 4.69) is 47.7 Å². The van der Waals surface area contributed by atoms with Gasteiger partial charge in [-0.05, 0) is 47.4 Å². The molecule has 3 heteroatoms. The first-order valence-electron chi connectivity index (χ1n) is 5.87. The number of nitrogen functional groups attached to an aromatic ring is 1. The van der Waals surface area contributed by atoms with Gasteiger partial charge in [-0.1, -0.05) is 26.0 Å². The molecule has 0 aliphatic heterocycles. The van der Waals surface area contributed by atoms with Crippen molar-refractivity contribution in [2.75, 3.05) is 12.3 Å². The van der Waals surface area contributed by atoms with E-state index in [0.29, 0.717) is 6.04 Å². The Morgan fingerprint density at radius 1 is 1.38 bits per heavy atom. The van der Waals surface area contributed by atoms with E-state index in [4.69, 9.17) is 5.73 Å². The Labute approximate surface area is 107 Å². The second-order valence-corrected chi connectivity index (χ2v) is 4.93. The molecule has 0 saturated heterocycles. The maximum Gasteiger partial charge on any atom is 0.0461 e. The maximum atomic E-state index is 5.88. The summed E-state index contributed by atoms with van der Waals surface area (Å²) in [5, 5.41) is 0. The molecular formula is C13H21BrN2. The summed E-state index contributed by atoms with van der Waals surface area (Å²) < 4.78 is 1.04. The van der Waals surface area contributed by atoms with Crippen molar-refractivity contribution in [2.45, 2.75) is 39.8 Å². The molecule has 1 aromatic rings. The zero-order chi connectivity index (χ0) is 12.1. The molecule has 0 spiro atoms. The molecule has 1 rings (SSSR count). The average Bonchev–Trinajstić information content (AvgIpc) is 2.30. The van der Waals surface area contributed by atoms with E-state index in [9.17, 15) is 0 Å². The Hall–Kier alpha value is -0.540. The second kappa shape index (κ2) is 6.26. The molecule has 0 heterocycles. The van der Waals surface area contributed by atoms with Crippen LogP contribution < -0.4 is 5.73 Å².